The lowest BCUT2D eigenvalue weighted by Gasteiger charge is -2.03. The largest absolute Gasteiger partial charge is 0.462 e. The maximum absolute atomic E-state index is 12.4. The standard InChI is InChI=1S/C16H14N4O3/c1-2-23-16(22)13-10-18-14-7-6-11(9-12(14)15(13)21)5-3-4-8-19-20-17/h6-7,9-10H,2,4,8H2,1H3,(H,18,21). The Hall–Kier alpha value is -3.23. The maximum Gasteiger partial charge on any atom is 0.343 e. The summed E-state index contributed by atoms with van der Waals surface area (Å²) in [7, 11) is 0. The van der Waals surface area contributed by atoms with Gasteiger partial charge in [-0.1, -0.05) is 17.0 Å². The quantitative estimate of drug-likeness (QED) is 0.234. The van der Waals surface area contributed by atoms with E-state index >= 15 is 0 Å². The van der Waals surface area contributed by atoms with E-state index in [-0.39, 0.29) is 12.2 Å². The first-order valence-electron chi connectivity index (χ1n) is 6.99. The minimum absolute atomic E-state index is 0.0344. The number of azide groups is 1. The molecule has 0 amide bonds. The number of carbonyl (C=O) groups is 1. The molecule has 23 heavy (non-hydrogen) atoms. The van der Waals surface area contributed by atoms with E-state index in [2.05, 4.69) is 26.9 Å². The number of hydrogen-bond donors (Lipinski definition) is 1. The lowest BCUT2D eigenvalue weighted by molar-refractivity contribution is 0.0524. The SMILES string of the molecule is CCOC(=O)c1c[nH]c2ccc(C#CCCN=[N+]=[N-])cc2c1=O. The first-order valence-corrected chi connectivity index (χ1v) is 6.99. The van der Waals surface area contributed by atoms with Gasteiger partial charge in [0.25, 0.3) is 0 Å². The number of rotatable bonds is 4. The molecular weight excluding hydrogens is 296 g/mol. The number of esters is 1. The van der Waals surface area contributed by atoms with Gasteiger partial charge in [0.05, 0.1) is 6.61 Å². The molecule has 2 rings (SSSR count). The molecule has 2 aromatic rings. The molecule has 0 saturated carbocycles. The van der Waals surface area contributed by atoms with Gasteiger partial charge in [0, 0.05) is 40.5 Å². The van der Waals surface area contributed by atoms with Gasteiger partial charge in [0.2, 0.25) is 5.43 Å². The molecule has 0 saturated heterocycles. The second kappa shape index (κ2) is 7.69. The third-order valence-electron chi connectivity index (χ3n) is 3.01. The summed E-state index contributed by atoms with van der Waals surface area (Å²) in [6.45, 7) is 2.18. The smallest absolute Gasteiger partial charge is 0.343 e. The van der Waals surface area contributed by atoms with Gasteiger partial charge in [0.1, 0.15) is 5.56 Å². The van der Waals surface area contributed by atoms with Gasteiger partial charge in [0.15, 0.2) is 0 Å². The highest BCUT2D eigenvalue weighted by atomic mass is 16.5. The van der Waals surface area contributed by atoms with Crippen LogP contribution >= 0.6 is 0 Å². The number of benzene rings is 1. The number of ether oxygens (including phenoxy) is 1. The lowest BCUT2D eigenvalue weighted by atomic mass is 10.1. The molecule has 0 radical (unpaired) electrons. The molecule has 0 unspecified atom stereocenters. The van der Waals surface area contributed by atoms with Crippen LogP contribution in [0.4, 0.5) is 0 Å². The van der Waals surface area contributed by atoms with Crippen molar-refractivity contribution in [2.24, 2.45) is 5.11 Å². The fraction of sp³-hybridized carbons (Fsp3) is 0.250. The molecule has 1 heterocycles. The molecule has 0 fully saturated rings. The summed E-state index contributed by atoms with van der Waals surface area (Å²) in [5, 5.41) is 3.76. The zero-order valence-corrected chi connectivity index (χ0v) is 12.5. The Kier molecular flexibility index (Phi) is 5.40. The predicted octanol–water partition coefficient (Wildman–Crippen LogP) is 2.76. The van der Waals surface area contributed by atoms with E-state index in [4.69, 9.17) is 10.3 Å². The number of carbonyl (C=O) groups excluding carboxylic acids is 1. The molecule has 7 nitrogen and oxygen atoms in total. The lowest BCUT2D eigenvalue weighted by Crippen LogP contribution is -2.18. The Bertz CT molecular complexity index is 899. The summed E-state index contributed by atoms with van der Waals surface area (Å²) >= 11 is 0. The first-order chi connectivity index (χ1) is 11.2. The van der Waals surface area contributed by atoms with E-state index in [1.807, 2.05) is 0 Å². The highest BCUT2D eigenvalue weighted by molar-refractivity contribution is 5.93. The van der Waals surface area contributed by atoms with Crippen LogP contribution < -0.4 is 5.43 Å². The van der Waals surface area contributed by atoms with E-state index in [0.717, 1.165) is 0 Å². The van der Waals surface area contributed by atoms with E-state index < -0.39 is 11.4 Å². The molecule has 7 heteroatoms. The van der Waals surface area contributed by atoms with Gasteiger partial charge >= 0.3 is 5.97 Å². The van der Waals surface area contributed by atoms with Crippen molar-refractivity contribution in [1.29, 1.82) is 0 Å². The number of H-pyrrole nitrogens is 1. The van der Waals surface area contributed by atoms with Crippen molar-refractivity contribution in [3.05, 3.63) is 56.2 Å². The molecule has 0 spiro atoms. The Morgan fingerprint density at radius 1 is 1.48 bits per heavy atom. The van der Waals surface area contributed by atoms with Crippen LogP contribution in [0.5, 0.6) is 0 Å². The number of aromatic amines is 1. The topological polar surface area (TPSA) is 108 Å². The summed E-state index contributed by atoms with van der Waals surface area (Å²) in [5.74, 6) is 5.10. The average Bonchev–Trinajstić information content (AvgIpc) is 2.55. The van der Waals surface area contributed by atoms with Gasteiger partial charge in [-0.25, -0.2) is 4.79 Å². The summed E-state index contributed by atoms with van der Waals surface area (Å²) < 4.78 is 4.86. The molecular formula is C16H14N4O3. The molecule has 1 N–H and O–H groups in total. The van der Waals surface area contributed by atoms with Crippen LogP contribution in [0.15, 0.2) is 34.3 Å². The minimum atomic E-state index is -0.651. The maximum atomic E-state index is 12.4. The van der Waals surface area contributed by atoms with Crippen molar-refractivity contribution < 1.29 is 9.53 Å². The van der Waals surface area contributed by atoms with Gasteiger partial charge < -0.3 is 9.72 Å². The molecule has 0 aliphatic rings. The van der Waals surface area contributed by atoms with Crippen molar-refractivity contribution in [2.75, 3.05) is 13.2 Å². The van der Waals surface area contributed by atoms with Crippen molar-refractivity contribution in [2.45, 2.75) is 13.3 Å². The fourth-order valence-corrected chi connectivity index (χ4v) is 1.97. The van der Waals surface area contributed by atoms with Crippen LogP contribution in [-0.2, 0) is 4.74 Å². The molecule has 1 aromatic heterocycles. The number of hydrogen-bond acceptors (Lipinski definition) is 4. The Morgan fingerprint density at radius 3 is 3.04 bits per heavy atom. The van der Waals surface area contributed by atoms with E-state index in [1.165, 1.54) is 6.20 Å². The number of fused-ring (bicyclic) bond motifs is 1. The highest BCUT2D eigenvalue weighted by Crippen LogP contribution is 2.11. The Balaban J connectivity index is 2.37. The van der Waals surface area contributed by atoms with Gasteiger partial charge in [-0.05, 0) is 30.7 Å². The molecule has 0 aliphatic heterocycles. The third-order valence-corrected chi connectivity index (χ3v) is 3.01. The Morgan fingerprint density at radius 2 is 2.30 bits per heavy atom. The Labute approximate surface area is 131 Å². The minimum Gasteiger partial charge on any atom is -0.462 e. The second-order valence-electron chi connectivity index (χ2n) is 4.52. The van der Waals surface area contributed by atoms with Crippen LogP contribution in [0, 0.1) is 11.8 Å². The molecule has 116 valence electrons. The van der Waals surface area contributed by atoms with Crippen LogP contribution in [-0.4, -0.2) is 24.1 Å². The van der Waals surface area contributed by atoms with Crippen molar-refractivity contribution in [3.8, 4) is 11.8 Å². The zero-order valence-electron chi connectivity index (χ0n) is 12.5. The van der Waals surface area contributed by atoms with Crippen molar-refractivity contribution in [3.63, 3.8) is 0 Å². The van der Waals surface area contributed by atoms with Gasteiger partial charge in [-0.15, -0.1) is 0 Å². The van der Waals surface area contributed by atoms with Crippen LogP contribution in [0.3, 0.4) is 0 Å². The molecule has 0 bridgehead atoms. The molecule has 0 aliphatic carbocycles. The predicted molar refractivity (Wildman–Crippen MR) is 86.0 cm³/mol. The van der Waals surface area contributed by atoms with Crippen LogP contribution in [0.2, 0.25) is 0 Å². The number of aromatic nitrogens is 1. The van der Waals surface area contributed by atoms with Crippen molar-refractivity contribution >= 4 is 16.9 Å². The third kappa shape index (κ3) is 3.90. The zero-order chi connectivity index (χ0) is 16.7. The van der Waals surface area contributed by atoms with E-state index in [9.17, 15) is 9.59 Å². The van der Waals surface area contributed by atoms with E-state index in [0.29, 0.717) is 29.4 Å². The normalized spacial score (nSPS) is 9.61. The number of nitrogens with zero attached hydrogens (tertiary/aromatic N) is 3. The number of nitrogens with one attached hydrogen (secondary N) is 1. The number of pyridine rings is 1. The first kappa shape index (κ1) is 16.1. The monoisotopic (exact) mass is 310 g/mol. The summed E-state index contributed by atoms with van der Waals surface area (Å²) in [5.41, 5.74) is 9.00. The van der Waals surface area contributed by atoms with Gasteiger partial charge in [-0.3, -0.25) is 4.79 Å². The van der Waals surface area contributed by atoms with E-state index in [1.54, 1.807) is 25.1 Å². The van der Waals surface area contributed by atoms with Crippen LogP contribution in [0.1, 0.15) is 29.3 Å². The van der Waals surface area contributed by atoms with Gasteiger partial charge in [-0.2, -0.15) is 0 Å². The molecule has 0 atom stereocenters. The fourth-order valence-electron chi connectivity index (χ4n) is 1.97. The molecule has 1 aromatic carbocycles. The average molecular weight is 310 g/mol. The van der Waals surface area contributed by atoms with Crippen molar-refractivity contribution in [1.82, 2.24) is 4.98 Å². The summed E-state index contributed by atoms with van der Waals surface area (Å²) in [6.07, 6.45) is 1.79. The second-order valence-corrected chi connectivity index (χ2v) is 4.52. The van der Waals surface area contributed by atoms with Crippen LogP contribution in [0.25, 0.3) is 21.3 Å². The summed E-state index contributed by atoms with van der Waals surface area (Å²) in [4.78, 5) is 29.7. The summed E-state index contributed by atoms with van der Waals surface area (Å²) in [6, 6.07) is 5.11. The highest BCUT2D eigenvalue weighted by Gasteiger charge is 2.13.